The van der Waals surface area contributed by atoms with E-state index >= 15 is 0 Å². The Morgan fingerprint density at radius 1 is 1.42 bits per heavy atom. The summed E-state index contributed by atoms with van der Waals surface area (Å²) >= 11 is 1.16. The second kappa shape index (κ2) is 7.83. The predicted molar refractivity (Wildman–Crippen MR) is 80.9 cm³/mol. The van der Waals surface area contributed by atoms with Crippen molar-refractivity contribution in [1.29, 1.82) is 0 Å². The standard InChI is InChI=1S/C14H12F3N5OS/c1-22-13(19-20-21-22)24-9-12(23)18-7-3-5-10-4-2-6-11(8-10)14(15,16)17/h2,4,6,8H,7,9H2,1H3,(H,18,23). The second-order valence-corrected chi connectivity index (χ2v) is 5.47. The number of tetrazole rings is 1. The fourth-order valence-corrected chi connectivity index (χ4v) is 2.27. The molecule has 0 fully saturated rings. The predicted octanol–water partition coefficient (Wildman–Crippen LogP) is 1.49. The van der Waals surface area contributed by atoms with Crippen molar-refractivity contribution in [2.45, 2.75) is 11.3 Å². The summed E-state index contributed by atoms with van der Waals surface area (Å²) in [6.07, 6.45) is -4.40. The van der Waals surface area contributed by atoms with Gasteiger partial charge in [-0.15, -0.1) is 5.10 Å². The Balaban J connectivity index is 1.81. The monoisotopic (exact) mass is 355 g/mol. The summed E-state index contributed by atoms with van der Waals surface area (Å²) in [5.41, 5.74) is -0.523. The topological polar surface area (TPSA) is 72.7 Å². The maximum absolute atomic E-state index is 12.6. The third-order valence-electron chi connectivity index (χ3n) is 2.71. The first-order valence-corrected chi connectivity index (χ1v) is 7.63. The summed E-state index contributed by atoms with van der Waals surface area (Å²) in [5, 5.41) is 13.8. The number of carbonyl (C=O) groups is 1. The van der Waals surface area contributed by atoms with E-state index < -0.39 is 11.7 Å². The number of hydrogen-bond donors (Lipinski definition) is 1. The molecular formula is C14H12F3N5OS. The van der Waals surface area contributed by atoms with E-state index in [0.717, 1.165) is 23.9 Å². The maximum atomic E-state index is 12.6. The highest BCUT2D eigenvalue weighted by atomic mass is 32.2. The van der Waals surface area contributed by atoms with Gasteiger partial charge in [-0.05, 0) is 28.6 Å². The lowest BCUT2D eigenvalue weighted by atomic mass is 10.1. The Morgan fingerprint density at radius 2 is 2.21 bits per heavy atom. The van der Waals surface area contributed by atoms with E-state index in [4.69, 9.17) is 0 Å². The number of thioether (sulfide) groups is 1. The number of aromatic nitrogens is 4. The highest BCUT2D eigenvalue weighted by molar-refractivity contribution is 7.99. The second-order valence-electron chi connectivity index (χ2n) is 4.53. The zero-order chi connectivity index (χ0) is 17.6. The molecule has 1 amide bonds. The summed E-state index contributed by atoms with van der Waals surface area (Å²) in [4.78, 5) is 11.6. The third kappa shape index (κ3) is 5.27. The highest BCUT2D eigenvalue weighted by Crippen LogP contribution is 2.29. The molecule has 0 unspecified atom stereocenters. The van der Waals surface area contributed by atoms with Gasteiger partial charge < -0.3 is 5.32 Å². The Bertz CT molecular complexity index is 778. The van der Waals surface area contributed by atoms with Crippen LogP contribution in [0.5, 0.6) is 0 Å². The fourth-order valence-electron chi connectivity index (χ4n) is 1.59. The van der Waals surface area contributed by atoms with Crippen LogP contribution >= 0.6 is 11.8 Å². The molecule has 1 aromatic heterocycles. The number of benzene rings is 1. The fraction of sp³-hybridized carbons (Fsp3) is 0.286. The van der Waals surface area contributed by atoms with Gasteiger partial charge in [-0.3, -0.25) is 4.79 Å². The van der Waals surface area contributed by atoms with E-state index in [1.165, 1.54) is 16.8 Å². The van der Waals surface area contributed by atoms with Crippen LogP contribution in [0.2, 0.25) is 0 Å². The number of hydrogen-bond acceptors (Lipinski definition) is 5. The molecule has 0 aliphatic carbocycles. The molecule has 0 radical (unpaired) electrons. The van der Waals surface area contributed by atoms with E-state index in [-0.39, 0.29) is 23.8 Å². The number of halogens is 3. The van der Waals surface area contributed by atoms with Crippen molar-refractivity contribution in [3.63, 3.8) is 0 Å². The van der Waals surface area contributed by atoms with E-state index in [2.05, 4.69) is 32.7 Å². The number of nitrogens with zero attached hydrogens (tertiary/aromatic N) is 4. The smallest absolute Gasteiger partial charge is 0.344 e. The lowest BCUT2D eigenvalue weighted by Gasteiger charge is -2.05. The summed E-state index contributed by atoms with van der Waals surface area (Å²) in [5.74, 6) is 5.03. The van der Waals surface area contributed by atoms with Crippen molar-refractivity contribution in [1.82, 2.24) is 25.5 Å². The molecule has 2 rings (SSSR count). The Labute approximate surface area is 139 Å². The van der Waals surface area contributed by atoms with Gasteiger partial charge in [0.05, 0.1) is 17.9 Å². The normalized spacial score (nSPS) is 10.8. The first-order valence-electron chi connectivity index (χ1n) is 6.64. The number of rotatable bonds is 4. The lowest BCUT2D eigenvalue weighted by molar-refractivity contribution is -0.137. The van der Waals surface area contributed by atoms with Crippen LogP contribution in [0.15, 0.2) is 29.4 Å². The zero-order valence-corrected chi connectivity index (χ0v) is 13.3. The quantitative estimate of drug-likeness (QED) is 0.665. The zero-order valence-electron chi connectivity index (χ0n) is 12.5. The molecule has 6 nitrogen and oxygen atoms in total. The van der Waals surface area contributed by atoms with Crippen LogP contribution in [0.3, 0.4) is 0 Å². The first-order chi connectivity index (χ1) is 11.4. The molecule has 1 heterocycles. The summed E-state index contributed by atoms with van der Waals surface area (Å²) in [7, 11) is 1.65. The molecule has 2 aromatic rings. The summed E-state index contributed by atoms with van der Waals surface area (Å²) in [6, 6.07) is 4.70. The Kier molecular flexibility index (Phi) is 5.81. The third-order valence-corrected chi connectivity index (χ3v) is 3.72. The van der Waals surface area contributed by atoms with Gasteiger partial charge in [-0.2, -0.15) is 13.2 Å². The Hall–Kier alpha value is -2.54. The number of carbonyl (C=O) groups excluding carboxylic acids is 1. The van der Waals surface area contributed by atoms with Gasteiger partial charge in [0.25, 0.3) is 0 Å². The molecule has 24 heavy (non-hydrogen) atoms. The number of amides is 1. The van der Waals surface area contributed by atoms with Crippen LogP contribution in [0.1, 0.15) is 11.1 Å². The van der Waals surface area contributed by atoms with Gasteiger partial charge in [0, 0.05) is 12.6 Å². The van der Waals surface area contributed by atoms with Crippen molar-refractivity contribution >= 4 is 17.7 Å². The van der Waals surface area contributed by atoms with Crippen molar-refractivity contribution in [3.8, 4) is 11.8 Å². The molecule has 0 aliphatic rings. The molecule has 0 aliphatic heterocycles. The first kappa shape index (κ1) is 17.8. The minimum Gasteiger partial charge on any atom is -0.344 e. The van der Waals surface area contributed by atoms with Gasteiger partial charge in [-0.25, -0.2) is 4.68 Å². The van der Waals surface area contributed by atoms with Crippen molar-refractivity contribution in [3.05, 3.63) is 35.4 Å². The van der Waals surface area contributed by atoms with Crippen molar-refractivity contribution in [2.75, 3.05) is 12.3 Å². The van der Waals surface area contributed by atoms with Crippen LogP contribution in [0, 0.1) is 11.8 Å². The maximum Gasteiger partial charge on any atom is 0.416 e. The van der Waals surface area contributed by atoms with E-state index in [1.807, 2.05) is 0 Å². The SMILES string of the molecule is Cn1nnnc1SCC(=O)NCC#Cc1cccc(C(F)(F)F)c1. The summed E-state index contributed by atoms with van der Waals surface area (Å²) < 4.78 is 39.1. The van der Waals surface area contributed by atoms with E-state index in [1.54, 1.807) is 7.05 Å². The number of nitrogens with one attached hydrogen (secondary N) is 1. The largest absolute Gasteiger partial charge is 0.416 e. The molecule has 1 aromatic carbocycles. The lowest BCUT2D eigenvalue weighted by Crippen LogP contribution is -2.25. The molecular weight excluding hydrogens is 343 g/mol. The van der Waals surface area contributed by atoms with Gasteiger partial charge in [0.1, 0.15) is 0 Å². The minimum absolute atomic E-state index is 0.0344. The van der Waals surface area contributed by atoms with Crippen LogP contribution in [-0.2, 0) is 18.0 Å². The average molecular weight is 355 g/mol. The van der Waals surface area contributed by atoms with Crippen LogP contribution in [0.4, 0.5) is 13.2 Å². The molecule has 0 atom stereocenters. The molecule has 1 N–H and O–H groups in total. The van der Waals surface area contributed by atoms with E-state index in [0.29, 0.717) is 5.16 Å². The average Bonchev–Trinajstić information content (AvgIpc) is 2.94. The van der Waals surface area contributed by atoms with Crippen LogP contribution in [-0.4, -0.2) is 38.4 Å². The molecule has 10 heteroatoms. The molecule has 0 spiro atoms. The molecule has 0 bridgehead atoms. The highest BCUT2D eigenvalue weighted by Gasteiger charge is 2.30. The van der Waals surface area contributed by atoms with Gasteiger partial charge in [0.15, 0.2) is 0 Å². The number of aryl methyl sites for hydroxylation is 1. The van der Waals surface area contributed by atoms with Crippen LogP contribution < -0.4 is 5.32 Å². The van der Waals surface area contributed by atoms with Gasteiger partial charge in [0.2, 0.25) is 11.1 Å². The van der Waals surface area contributed by atoms with Crippen molar-refractivity contribution in [2.24, 2.45) is 7.05 Å². The minimum atomic E-state index is -4.40. The van der Waals surface area contributed by atoms with Crippen LogP contribution in [0.25, 0.3) is 0 Å². The van der Waals surface area contributed by atoms with Gasteiger partial charge in [-0.1, -0.05) is 29.7 Å². The molecule has 0 saturated carbocycles. The van der Waals surface area contributed by atoms with Gasteiger partial charge >= 0.3 is 6.18 Å². The van der Waals surface area contributed by atoms with Crippen molar-refractivity contribution < 1.29 is 18.0 Å². The number of alkyl halides is 3. The summed E-state index contributed by atoms with van der Waals surface area (Å²) in [6.45, 7) is 0.0344. The van der Waals surface area contributed by atoms with E-state index in [9.17, 15) is 18.0 Å². The molecule has 126 valence electrons. The Morgan fingerprint density at radius 3 is 2.88 bits per heavy atom. The molecule has 0 saturated heterocycles.